The van der Waals surface area contributed by atoms with Crippen LogP contribution in [0.4, 0.5) is 5.69 Å². The molecule has 1 fully saturated rings. The van der Waals surface area contributed by atoms with Crippen molar-refractivity contribution in [2.75, 3.05) is 13.2 Å². The fraction of sp³-hybridized carbons (Fsp3) is 0.385. The van der Waals surface area contributed by atoms with Crippen LogP contribution in [0.25, 0.3) is 0 Å². The van der Waals surface area contributed by atoms with E-state index in [-0.39, 0.29) is 18.0 Å². The van der Waals surface area contributed by atoms with E-state index in [9.17, 15) is 10.1 Å². The Morgan fingerprint density at radius 2 is 2.32 bits per heavy atom. The van der Waals surface area contributed by atoms with Gasteiger partial charge < -0.3 is 10.1 Å². The maximum atomic E-state index is 10.9. The molecule has 5 nitrogen and oxygen atoms in total. The Labute approximate surface area is 119 Å². The van der Waals surface area contributed by atoms with E-state index in [1.807, 2.05) is 0 Å². The Bertz CT molecular complexity index is 501. The summed E-state index contributed by atoms with van der Waals surface area (Å²) < 4.78 is 6.09. The third-order valence-electron chi connectivity index (χ3n) is 2.78. The largest absolute Gasteiger partial charge is 0.481 e. The van der Waals surface area contributed by atoms with Crippen molar-refractivity contribution in [3.05, 3.63) is 44.9 Å². The zero-order valence-electron chi connectivity index (χ0n) is 10.4. The predicted molar refractivity (Wildman–Crippen MR) is 76.5 cm³/mol. The molecule has 6 heteroatoms. The quantitative estimate of drug-likeness (QED) is 0.475. The number of nitrogens with zero attached hydrogens (tertiary/aromatic N) is 1. The first-order chi connectivity index (χ1) is 9.08. The fourth-order valence-corrected chi connectivity index (χ4v) is 2.06. The molecule has 1 aliphatic carbocycles. The Hall–Kier alpha value is -1.40. The van der Waals surface area contributed by atoms with Crippen LogP contribution in [0.2, 0.25) is 0 Å². The minimum absolute atomic E-state index is 0.0441. The van der Waals surface area contributed by atoms with Gasteiger partial charge in [0.25, 0.3) is 0 Å². The summed E-state index contributed by atoms with van der Waals surface area (Å²) in [6.45, 7) is 4.85. The highest BCUT2D eigenvalue weighted by molar-refractivity contribution is 9.10. The van der Waals surface area contributed by atoms with Crippen molar-refractivity contribution in [2.45, 2.75) is 18.9 Å². The third kappa shape index (κ3) is 4.04. The van der Waals surface area contributed by atoms with E-state index in [0.29, 0.717) is 17.1 Å². The maximum Gasteiger partial charge on any atom is 0.312 e. The third-order valence-corrected chi connectivity index (χ3v) is 3.41. The molecule has 0 spiro atoms. The maximum absolute atomic E-state index is 10.9. The lowest BCUT2D eigenvalue weighted by Gasteiger charge is -2.11. The number of benzene rings is 1. The molecule has 0 unspecified atom stereocenters. The Balaban J connectivity index is 1.94. The van der Waals surface area contributed by atoms with Gasteiger partial charge in [-0.3, -0.25) is 10.1 Å². The molecule has 0 bridgehead atoms. The van der Waals surface area contributed by atoms with Gasteiger partial charge in [0.1, 0.15) is 6.61 Å². The molecule has 1 saturated carbocycles. The van der Waals surface area contributed by atoms with Crippen LogP contribution in [0.15, 0.2) is 34.8 Å². The normalized spacial score (nSPS) is 14.2. The standard InChI is InChI=1S/C13H15BrN2O3/c1-9(7-15-10-5-6-10)8-19-13-11(14)3-2-4-12(13)16(17)18/h2-4,10,15H,1,5-8H2. The van der Waals surface area contributed by atoms with Crippen molar-refractivity contribution < 1.29 is 9.66 Å². The number of ether oxygens (including phenoxy) is 1. The van der Waals surface area contributed by atoms with Crippen LogP contribution in [-0.2, 0) is 0 Å². The topological polar surface area (TPSA) is 64.4 Å². The second kappa shape index (κ2) is 6.16. The van der Waals surface area contributed by atoms with E-state index >= 15 is 0 Å². The SMILES string of the molecule is C=C(CNC1CC1)COc1c(Br)cccc1[N+](=O)[O-]. The van der Waals surface area contributed by atoms with E-state index in [1.165, 1.54) is 18.9 Å². The molecule has 19 heavy (non-hydrogen) atoms. The number of halogens is 1. The second-order valence-electron chi connectivity index (χ2n) is 4.54. The second-order valence-corrected chi connectivity index (χ2v) is 5.39. The van der Waals surface area contributed by atoms with Gasteiger partial charge in [0.2, 0.25) is 5.75 Å². The molecule has 0 atom stereocenters. The van der Waals surface area contributed by atoms with Gasteiger partial charge in [-0.25, -0.2) is 0 Å². The van der Waals surface area contributed by atoms with Gasteiger partial charge in [-0.1, -0.05) is 12.6 Å². The lowest BCUT2D eigenvalue weighted by Crippen LogP contribution is -2.21. The first kappa shape index (κ1) is 14.0. The van der Waals surface area contributed by atoms with Crippen molar-refractivity contribution >= 4 is 21.6 Å². The molecule has 0 amide bonds. The lowest BCUT2D eigenvalue weighted by molar-refractivity contribution is -0.385. The highest BCUT2D eigenvalue weighted by Crippen LogP contribution is 2.34. The Kier molecular flexibility index (Phi) is 4.55. The van der Waals surface area contributed by atoms with Gasteiger partial charge in [-0.15, -0.1) is 0 Å². The summed E-state index contributed by atoms with van der Waals surface area (Å²) in [6.07, 6.45) is 2.42. The predicted octanol–water partition coefficient (Wildman–Crippen LogP) is 3.04. The first-order valence-electron chi connectivity index (χ1n) is 6.03. The average Bonchev–Trinajstić information content (AvgIpc) is 3.18. The summed E-state index contributed by atoms with van der Waals surface area (Å²) in [4.78, 5) is 10.5. The Morgan fingerprint density at radius 3 is 2.95 bits per heavy atom. The van der Waals surface area contributed by atoms with Crippen molar-refractivity contribution in [1.82, 2.24) is 5.32 Å². The van der Waals surface area contributed by atoms with Crippen LogP contribution in [-0.4, -0.2) is 24.1 Å². The zero-order valence-corrected chi connectivity index (χ0v) is 12.0. The number of rotatable bonds is 7. The summed E-state index contributed by atoms with van der Waals surface area (Å²) in [6, 6.07) is 5.35. The number of nitro benzene ring substituents is 1. The minimum atomic E-state index is -0.453. The number of para-hydroxylation sites is 1. The van der Waals surface area contributed by atoms with E-state index < -0.39 is 4.92 Å². The average molecular weight is 327 g/mol. The number of hydrogen-bond donors (Lipinski definition) is 1. The highest BCUT2D eigenvalue weighted by atomic mass is 79.9. The first-order valence-corrected chi connectivity index (χ1v) is 6.83. The monoisotopic (exact) mass is 326 g/mol. The smallest absolute Gasteiger partial charge is 0.312 e. The molecule has 1 aliphatic rings. The highest BCUT2D eigenvalue weighted by Gasteiger charge is 2.21. The van der Waals surface area contributed by atoms with Gasteiger partial charge in [0, 0.05) is 18.7 Å². The van der Waals surface area contributed by atoms with Gasteiger partial charge in [0.15, 0.2) is 0 Å². The van der Waals surface area contributed by atoms with Crippen LogP contribution in [0, 0.1) is 10.1 Å². The van der Waals surface area contributed by atoms with Crippen LogP contribution in [0.1, 0.15) is 12.8 Å². The summed E-state index contributed by atoms with van der Waals surface area (Å²) in [7, 11) is 0. The molecule has 0 aliphatic heterocycles. The summed E-state index contributed by atoms with van der Waals surface area (Å²) >= 11 is 3.26. The summed E-state index contributed by atoms with van der Waals surface area (Å²) in [5, 5.41) is 14.2. The van der Waals surface area contributed by atoms with E-state index in [0.717, 1.165) is 5.57 Å². The van der Waals surface area contributed by atoms with E-state index in [2.05, 4.69) is 27.8 Å². The van der Waals surface area contributed by atoms with Crippen LogP contribution in [0.5, 0.6) is 5.75 Å². The molecule has 102 valence electrons. The minimum Gasteiger partial charge on any atom is -0.481 e. The Morgan fingerprint density at radius 1 is 1.58 bits per heavy atom. The van der Waals surface area contributed by atoms with E-state index in [4.69, 9.17) is 4.74 Å². The summed E-state index contributed by atoms with van der Waals surface area (Å²) in [5.74, 6) is 0.250. The lowest BCUT2D eigenvalue weighted by atomic mass is 10.3. The molecular weight excluding hydrogens is 312 g/mol. The molecule has 1 N–H and O–H groups in total. The van der Waals surface area contributed by atoms with Crippen LogP contribution < -0.4 is 10.1 Å². The number of nitrogens with one attached hydrogen (secondary N) is 1. The molecule has 0 saturated heterocycles. The number of hydrogen-bond acceptors (Lipinski definition) is 4. The van der Waals surface area contributed by atoms with Gasteiger partial charge in [-0.2, -0.15) is 0 Å². The molecule has 1 aromatic carbocycles. The van der Waals surface area contributed by atoms with Crippen molar-refractivity contribution in [1.29, 1.82) is 0 Å². The molecule has 0 heterocycles. The fourth-order valence-electron chi connectivity index (χ4n) is 1.59. The zero-order chi connectivity index (χ0) is 13.8. The van der Waals surface area contributed by atoms with Crippen molar-refractivity contribution in [3.8, 4) is 5.75 Å². The number of nitro groups is 1. The van der Waals surface area contributed by atoms with Crippen LogP contribution in [0.3, 0.4) is 0 Å². The molecule has 2 rings (SSSR count). The molecule has 0 radical (unpaired) electrons. The van der Waals surface area contributed by atoms with Gasteiger partial charge in [0.05, 0.1) is 9.40 Å². The van der Waals surface area contributed by atoms with E-state index in [1.54, 1.807) is 12.1 Å². The molecular formula is C13H15BrN2O3. The van der Waals surface area contributed by atoms with Crippen LogP contribution >= 0.6 is 15.9 Å². The van der Waals surface area contributed by atoms with Crippen molar-refractivity contribution in [2.24, 2.45) is 0 Å². The van der Waals surface area contributed by atoms with Gasteiger partial charge in [-0.05, 0) is 40.4 Å². The van der Waals surface area contributed by atoms with Gasteiger partial charge >= 0.3 is 5.69 Å². The summed E-state index contributed by atoms with van der Waals surface area (Å²) in [5.41, 5.74) is 0.828. The van der Waals surface area contributed by atoms with Crippen molar-refractivity contribution in [3.63, 3.8) is 0 Å². The molecule has 0 aromatic heterocycles. The molecule has 1 aromatic rings.